The van der Waals surface area contributed by atoms with Gasteiger partial charge in [-0.25, -0.2) is 9.48 Å². The summed E-state index contributed by atoms with van der Waals surface area (Å²) in [4.78, 5) is 29.9. The molecule has 3 aromatic heterocycles. The highest BCUT2D eigenvalue weighted by Crippen LogP contribution is 2.20. The molecule has 0 aliphatic rings. The number of halogens is 1. The number of rotatable bonds is 3. The van der Waals surface area contributed by atoms with Crippen molar-refractivity contribution in [2.24, 2.45) is 14.1 Å². The first kappa shape index (κ1) is 18.2. The fourth-order valence-electron chi connectivity index (χ4n) is 3.40. The van der Waals surface area contributed by atoms with Gasteiger partial charge in [0.15, 0.2) is 11.2 Å². The molecule has 1 aromatic carbocycles. The van der Waals surface area contributed by atoms with E-state index in [1.807, 2.05) is 38.1 Å². The second-order valence-electron chi connectivity index (χ2n) is 6.84. The molecule has 0 unspecified atom stereocenters. The molecule has 0 bridgehead atoms. The highest BCUT2D eigenvalue weighted by atomic mass is 35.5. The van der Waals surface area contributed by atoms with Crippen molar-refractivity contribution >= 4 is 22.8 Å². The van der Waals surface area contributed by atoms with Gasteiger partial charge >= 0.3 is 5.69 Å². The summed E-state index contributed by atoms with van der Waals surface area (Å²) in [5.41, 5.74) is 2.45. The van der Waals surface area contributed by atoms with Crippen LogP contribution in [0.4, 0.5) is 0 Å². The Bertz CT molecular complexity index is 1340. The van der Waals surface area contributed by atoms with E-state index in [1.54, 1.807) is 22.4 Å². The minimum Gasteiger partial charge on any atom is -0.298 e. The van der Waals surface area contributed by atoms with Crippen LogP contribution in [0.15, 0.2) is 39.9 Å². The Kier molecular flexibility index (Phi) is 4.23. The summed E-state index contributed by atoms with van der Waals surface area (Å²) in [6, 6.07) is 9.34. The van der Waals surface area contributed by atoms with Crippen LogP contribution < -0.4 is 11.2 Å². The molecule has 0 amide bonds. The van der Waals surface area contributed by atoms with Gasteiger partial charge in [0.25, 0.3) is 5.56 Å². The molecule has 0 aliphatic heterocycles. The number of fused-ring (bicyclic) bond motifs is 1. The van der Waals surface area contributed by atoms with Crippen LogP contribution in [-0.4, -0.2) is 28.5 Å². The number of hydrogen-bond acceptors (Lipinski definition) is 4. The predicted octanol–water partition coefficient (Wildman–Crippen LogP) is 1.94. The number of hydrogen-bond donors (Lipinski definition) is 0. The van der Waals surface area contributed by atoms with Crippen LogP contribution in [0, 0.1) is 13.8 Å². The Balaban J connectivity index is 2.09. The molecule has 8 nitrogen and oxygen atoms in total. The Morgan fingerprint density at radius 1 is 1.07 bits per heavy atom. The maximum Gasteiger partial charge on any atom is 0.332 e. The van der Waals surface area contributed by atoms with Crippen molar-refractivity contribution in [3.63, 3.8) is 0 Å². The summed E-state index contributed by atoms with van der Waals surface area (Å²) in [6.07, 6.45) is 0. The van der Waals surface area contributed by atoms with Crippen LogP contribution in [0.5, 0.6) is 0 Å². The van der Waals surface area contributed by atoms with Gasteiger partial charge in [-0.15, -0.1) is 0 Å². The third kappa shape index (κ3) is 2.77. The van der Waals surface area contributed by atoms with Crippen molar-refractivity contribution in [1.82, 2.24) is 28.5 Å². The van der Waals surface area contributed by atoms with E-state index in [1.165, 1.54) is 11.6 Å². The van der Waals surface area contributed by atoms with Crippen molar-refractivity contribution in [1.29, 1.82) is 0 Å². The molecule has 28 heavy (non-hydrogen) atoms. The van der Waals surface area contributed by atoms with E-state index in [-0.39, 0.29) is 0 Å². The maximum absolute atomic E-state index is 12.9. The molecular formula is C19H19ClN6O2. The second-order valence-corrected chi connectivity index (χ2v) is 7.28. The molecule has 0 radical (unpaired) electrons. The van der Waals surface area contributed by atoms with E-state index < -0.39 is 11.2 Å². The van der Waals surface area contributed by atoms with Gasteiger partial charge in [0.05, 0.1) is 12.2 Å². The van der Waals surface area contributed by atoms with Crippen LogP contribution in [0.2, 0.25) is 5.02 Å². The van der Waals surface area contributed by atoms with Crippen molar-refractivity contribution in [3.8, 4) is 5.95 Å². The monoisotopic (exact) mass is 398 g/mol. The van der Waals surface area contributed by atoms with Crippen LogP contribution in [-0.2, 0) is 20.6 Å². The van der Waals surface area contributed by atoms with Crippen molar-refractivity contribution < 1.29 is 0 Å². The summed E-state index contributed by atoms with van der Waals surface area (Å²) in [5.74, 6) is 0.471. The summed E-state index contributed by atoms with van der Waals surface area (Å²) >= 11 is 6.14. The Labute approximate surface area is 165 Å². The molecule has 0 saturated carbocycles. The van der Waals surface area contributed by atoms with Crippen LogP contribution in [0.25, 0.3) is 17.1 Å². The van der Waals surface area contributed by atoms with Crippen molar-refractivity contribution in [3.05, 3.63) is 73.1 Å². The number of imidazole rings is 1. The van der Waals surface area contributed by atoms with E-state index in [0.29, 0.717) is 28.7 Å². The van der Waals surface area contributed by atoms with Crippen molar-refractivity contribution in [2.45, 2.75) is 20.4 Å². The molecular weight excluding hydrogens is 380 g/mol. The van der Waals surface area contributed by atoms with Crippen LogP contribution in [0.1, 0.15) is 17.0 Å². The minimum atomic E-state index is -0.426. The molecule has 0 saturated heterocycles. The highest BCUT2D eigenvalue weighted by molar-refractivity contribution is 6.30. The number of aryl methyl sites for hydroxylation is 3. The Hall–Kier alpha value is -3.13. The lowest BCUT2D eigenvalue weighted by Gasteiger charge is -2.11. The minimum absolute atomic E-state index is 0.317. The van der Waals surface area contributed by atoms with Gasteiger partial charge in [0.2, 0.25) is 5.95 Å². The number of aromatic nitrogens is 6. The summed E-state index contributed by atoms with van der Waals surface area (Å²) in [5, 5.41) is 5.12. The van der Waals surface area contributed by atoms with Gasteiger partial charge in [0, 0.05) is 24.8 Å². The van der Waals surface area contributed by atoms with Gasteiger partial charge in [-0.2, -0.15) is 10.1 Å². The molecule has 0 N–H and O–H groups in total. The molecule has 4 aromatic rings. The number of nitrogens with zero attached hydrogens (tertiary/aromatic N) is 6. The third-order valence-corrected chi connectivity index (χ3v) is 4.99. The van der Waals surface area contributed by atoms with Crippen LogP contribution >= 0.6 is 11.6 Å². The molecule has 144 valence electrons. The smallest absolute Gasteiger partial charge is 0.298 e. The second kappa shape index (κ2) is 6.49. The Morgan fingerprint density at radius 3 is 2.46 bits per heavy atom. The molecule has 0 fully saturated rings. The lowest BCUT2D eigenvalue weighted by atomic mass is 10.2. The zero-order valence-electron chi connectivity index (χ0n) is 16.0. The summed E-state index contributed by atoms with van der Waals surface area (Å²) in [7, 11) is 3.07. The summed E-state index contributed by atoms with van der Waals surface area (Å²) < 4.78 is 5.93. The third-order valence-electron chi connectivity index (χ3n) is 4.76. The molecule has 0 aliphatic carbocycles. The molecule has 9 heteroatoms. The van der Waals surface area contributed by atoms with Gasteiger partial charge in [-0.1, -0.05) is 23.7 Å². The van der Waals surface area contributed by atoms with E-state index >= 15 is 0 Å². The first-order valence-electron chi connectivity index (χ1n) is 8.72. The van der Waals surface area contributed by atoms with Gasteiger partial charge in [-0.3, -0.25) is 18.5 Å². The first-order chi connectivity index (χ1) is 13.3. The van der Waals surface area contributed by atoms with Gasteiger partial charge in [0.1, 0.15) is 0 Å². The first-order valence-corrected chi connectivity index (χ1v) is 9.10. The van der Waals surface area contributed by atoms with Gasteiger partial charge in [-0.05, 0) is 37.6 Å². The number of benzene rings is 1. The largest absolute Gasteiger partial charge is 0.332 e. The van der Waals surface area contributed by atoms with E-state index in [4.69, 9.17) is 11.6 Å². The summed E-state index contributed by atoms with van der Waals surface area (Å²) in [6.45, 7) is 4.17. The SMILES string of the molecule is Cc1cc(C)n(-c2nc3c(c(=O)n(C)c(=O)n3C)n2Cc2cccc(Cl)c2)n1. The molecule has 0 atom stereocenters. The standard InChI is InChI=1S/C19H19ClN6O2/c1-11-8-12(2)26(22-11)18-21-16-15(17(27)24(4)19(28)23(16)3)25(18)10-13-6-5-7-14(20)9-13/h5-9H,10H2,1-4H3. The molecule has 0 spiro atoms. The van der Waals surface area contributed by atoms with E-state index in [9.17, 15) is 9.59 Å². The quantitative estimate of drug-likeness (QED) is 0.528. The van der Waals surface area contributed by atoms with Gasteiger partial charge < -0.3 is 0 Å². The lowest BCUT2D eigenvalue weighted by Crippen LogP contribution is -2.37. The fourth-order valence-corrected chi connectivity index (χ4v) is 3.61. The highest BCUT2D eigenvalue weighted by Gasteiger charge is 2.21. The lowest BCUT2D eigenvalue weighted by molar-refractivity contribution is 0.691. The fraction of sp³-hybridized carbons (Fsp3) is 0.263. The van der Waals surface area contributed by atoms with E-state index in [0.717, 1.165) is 21.5 Å². The normalized spacial score (nSPS) is 11.5. The molecule has 4 rings (SSSR count). The van der Waals surface area contributed by atoms with Crippen LogP contribution in [0.3, 0.4) is 0 Å². The zero-order valence-corrected chi connectivity index (χ0v) is 16.7. The van der Waals surface area contributed by atoms with Crippen molar-refractivity contribution in [2.75, 3.05) is 0 Å². The molecule has 3 heterocycles. The average Bonchev–Trinajstić information content (AvgIpc) is 3.17. The maximum atomic E-state index is 12.9. The Morgan fingerprint density at radius 2 is 1.82 bits per heavy atom. The topological polar surface area (TPSA) is 79.6 Å². The van der Waals surface area contributed by atoms with E-state index in [2.05, 4.69) is 10.1 Å². The average molecular weight is 399 g/mol. The predicted molar refractivity (Wildman–Crippen MR) is 107 cm³/mol. The zero-order chi connectivity index (χ0) is 20.2.